The van der Waals surface area contributed by atoms with E-state index < -0.39 is 0 Å². The number of hydrogen-bond acceptors (Lipinski definition) is 1. The number of carbonyl (C=O) groups excluding carboxylic acids is 1. The Balaban J connectivity index is 1.69. The molecule has 0 aromatic heterocycles. The van der Waals surface area contributed by atoms with Crippen molar-refractivity contribution < 1.29 is 4.79 Å². The third kappa shape index (κ3) is 1.78. The highest BCUT2D eigenvalue weighted by molar-refractivity contribution is 5.87. The summed E-state index contributed by atoms with van der Waals surface area (Å²) in [6.07, 6.45) is 11.9. The summed E-state index contributed by atoms with van der Waals surface area (Å²) in [7, 11) is 0. The zero-order chi connectivity index (χ0) is 14.8. The monoisotopic (exact) mass is 288 g/mol. The SMILES string of the molecule is C[C@H]1C[C@@H]2[C@H](CC[C@]3(C)C(=O)CC[C@@H]23)[C@@]2(C)CCCC[C@H]12. The van der Waals surface area contributed by atoms with E-state index in [1.165, 1.54) is 51.4 Å². The van der Waals surface area contributed by atoms with Gasteiger partial charge in [-0.25, -0.2) is 0 Å². The molecule has 0 radical (unpaired) electrons. The van der Waals surface area contributed by atoms with Crippen LogP contribution in [0.4, 0.5) is 0 Å². The van der Waals surface area contributed by atoms with Crippen LogP contribution in [0, 0.1) is 40.4 Å². The van der Waals surface area contributed by atoms with Crippen molar-refractivity contribution in [3.63, 3.8) is 0 Å². The Bertz CT molecular complexity index is 455. The van der Waals surface area contributed by atoms with Crippen molar-refractivity contribution in [1.82, 2.24) is 0 Å². The van der Waals surface area contributed by atoms with Gasteiger partial charge in [0.25, 0.3) is 0 Å². The predicted molar refractivity (Wildman–Crippen MR) is 85.9 cm³/mol. The van der Waals surface area contributed by atoms with Gasteiger partial charge in [-0.15, -0.1) is 0 Å². The van der Waals surface area contributed by atoms with E-state index in [9.17, 15) is 4.79 Å². The highest BCUT2D eigenvalue weighted by Gasteiger charge is 2.60. The molecule has 4 fully saturated rings. The van der Waals surface area contributed by atoms with Crippen LogP contribution < -0.4 is 0 Å². The van der Waals surface area contributed by atoms with E-state index in [0.717, 1.165) is 30.1 Å². The first kappa shape index (κ1) is 14.3. The quantitative estimate of drug-likeness (QED) is 0.596. The molecule has 4 rings (SSSR count). The van der Waals surface area contributed by atoms with E-state index in [4.69, 9.17) is 0 Å². The summed E-state index contributed by atoms with van der Waals surface area (Å²) < 4.78 is 0. The van der Waals surface area contributed by atoms with Crippen LogP contribution in [0.25, 0.3) is 0 Å². The van der Waals surface area contributed by atoms with Crippen LogP contribution in [0.5, 0.6) is 0 Å². The summed E-state index contributed by atoms with van der Waals surface area (Å²) in [5.41, 5.74) is 0.645. The van der Waals surface area contributed by atoms with Crippen molar-refractivity contribution in [2.45, 2.75) is 78.6 Å². The van der Waals surface area contributed by atoms with E-state index in [1.807, 2.05) is 0 Å². The molecule has 0 aromatic rings. The second-order valence-corrected chi connectivity index (χ2v) is 9.37. The van der Waals surface area contributed by atoms with Crippen molar-refractivity contribution in [3.05, 3.63) is 0 Å². The van der Waals surface area contributed by atoms with Crippen LogP contribution in [0.2, 0.25) is 0 Å². The van der Waals surface area contributed by atoms with E-state index in [1.54, 1.807) is 0 Å². The molecular weight excluding hydrogens is 256 g/mol. The molecule has 0 unspecified atom stereocenters. The molecule has 0 amide bonds. The smallest absolute Gasteiger partial charge is 0.139 e. The third-order valence-electron chi connectivity index (χ3n) is 8.65. The second-order valence-electron chi connectivity index (χ2n) is 9.37. The summed E-state index contributed by atoms with van der Waals surface area (Å²) in [5, 5.41) is 0. The first-order chi connectivity index (χ1) is 9.97. The molecule has 0 saturated heterocycles. The lowest BCUT2D eigenvalue weighted by molar-refractivity contribution is -0.144. The van der Waals surface area contributed by atoms with Crippen molar-refractivity contribution in [1.29, 1.82) is 0 Å². The number of hydrogen-bond donors (Lipinski definition) is 0. The Morgan fingerprint density at radius 1 is 0.952 bits per heavy atom. The van der Waals surface area contributed by atoms with Crippen molar-refractivity contribution in [3.8, 4) is 0 Å². The number of Topliss-reactive ketones (excluding diaryl/α,β-unsaturated/α-hetero) is 1. The third-order valence-corrected chi connectivity index (χ3v) is 8.65. The Hall–Kier alpha value is -0.330. The van der Waals surface area contributed by atoms with Gasteiger partial charge in [-0.3, -0.25) is 4.79 Å². The molecule has 4 aliphatic carbocycles. The first-order valence-corrected chi connectivity index (χ1v) is 9.50. The minimum absolute atomic E-state index is 0.0543. The Morgan fingerprint density at radius 2 is 1.76 bits per heavy atom. The molecule has 4 aliphatic rings. The fraction of sp³-hybridized carbons (Fsp3) is 0.950. The van der Waals surface area contributed by atoms with Gasteiger partial charge in [0, 0.05) is 11.8 Å². The largest absolute Gasteiger partial charge is 0.299 e. The second kappa shape index (κ2) is 4.59. The fourth-order valence-corrected chi connectivity index (χ4v) is 7.58. The lowest BCUT2D eigenvalue weighted by Gasteiger charge is -2.61. The number of rotatable bonds is 0. The van der Waals surface area contributed by atoms with Crippen LogP contribution in [-0.4, -0.2) is 5.78 Å². The van der Waals surface area contributed by atoms with Gasteiger partial charge >= 0.3 is 0 Å². The van der Waals surface area contributed by atoms with Crippen LogP contribution in [0.3, 0.4) is 0 Å². The number of ketones is 1. The standard InChI is InChI=1S/C20H32O/c1-13-12-14-16-7-8-18(21)20(16,3)11-9-17(14)19(2)10-5-4-6-15(13)19/h13-17H,4-12H2,1-3H3/t13-,14-,15+,16-,17-,19-,20-/m0/s1. The van der Waals surface area contributed by atoms with Crippen LogP contribution >= 0.6 is 0 Å². The van der Waals surface area contributed by atoms with Gasteiger partial charge in [0.05, 0.1) is 0 Å². The molecule has 0 aromatic carbocycles. The Morgan fingerprint density at radius 3 is 2.57 bits per heavy atom. The maximum absolute atomic E-state index is 12.4. The molecule has 118 valence electrons. The summed E-state index contributed by atoms with van der Waals surface area (Å²) in [5.74, 6) is 4.93. The van der Waals surface area contributed by atoms with Gasteiger partial charge in [-0.1, -0.05) is 33.6 Å². The highest BCUT2D eigenvalue weighted by atomic mass is 16.1. The minimum Gasteiger partial charge on any atom is -0.299 e. The van der Waals surface area contributed by atoms with Gasteiger partial charge in [0.2, 0.25) is 0 Å². The lowest BCUT2D eigenvalue weighted by atomic mass is 9.43. The molecule has 0 bridgehead atoms. The van der Waals surface area contributed by atoms with Gasteiger partial charge in [0.1, 0.15) is 5.78 Å². The molecule has 0 aliphatic heterocycles. The van der Waals surface area contributed by atoms with Gasteiger partial charge in [-0.2, -0.15) is 0 Å². The summed E-state index contributed by atoms with van der Waals surface area (Å²) in [6, 6.07) is 0. The van der Waals surface area contributed by atoms with Crippen molar-refractivity contribution >= 4 is 5.78 Å². The van der Waals surface area contributed by atoms with Gasteiger partial charge in [-0.05, 0) is 73.5 Å². The van der Waals surface area contributed by atoms with Crippen molar-refractivity contribution in [2.75, 3.05) is 0 Å². The van der Waals surface area contributed by atoms with Crippen LogP contribution in [0.15, 0.2) is 0 Å². The molecule has 21 heavy (non-hydrogen) atoms. The van der Waals surface area contributed by atoms with Gasteiger partial charge < -0.3 is 0 Å². The molecule has 1 nitrogen and oxygen atoms in total. The molecule has 0 heterocycles. The molecule has 4 saturated carbocycles. The van der Waals surface area contributed by atoms with Crippen LogP contribution in [0.1, 0.15) is 78.6 Å². The maximum atomic E-state index is 12.4. The van der Waals surface area contributed by atoms with Gasteiger partial charge in [0.15, 0.2) is 0 Å². The molecule has 7 atom stereocenters. The fourth-order valence-electron chi connectivity index (χ4n) is 7.58. The van der Waals surface area contributed by atoms with Crippen molar-refractivity contribution in [2.24, 2.45) is 40.4 Å². The van der Waals surface area contributed by atoms with E-state index >= 15 is 0 Å². The molecule has 0 spiro atoms. The highest BCUT2D eigenvalue weighted by Crippen LogP contribution is 2.66. The summed E-state index contributed by atoms with van der Waals surface area (Å²) in [6.45, 7) is 7.46. The normalized spacial score (nSPS) is 56.5. The maximum Gasteiger partial charge on any atom is 0.139 e. The number of carbonyl (C=O) groups is 1. The zero-order valence-corrected chi connectivity index (χ0v) is 14.2. The lowest BCUT2D eigenvalue weighted by Crippen LogP contribution is -2.55. The predicted octanol–water partition coefficient (Wildman–Crippen LogP) is 5.23. The van der Waals surface area contributed by atoms with Crippen LogP contribution in [-0.2, 0) is 4.79 Å². The topological polar surface area (TPSA) is 17.1 Å². The summed E-state index contributed by atoms with van der Waals surface area (Å²) in [4.78, 5) is 12.4. The molecule has 1 heteroatoms. The average molecular weight is 288 g/mol. The van der Waals surface area contributed by atoms with E-state index in [0.29, 0.717) is 17.1 Å². The average Bonchev–Trinajstić information content (AvgIpc) is 2.75. The van der Waals surface area contributed by atoms with E-state index in [-0.39, 0.29) is 5.41 Å². The number of fused-ring (bicyclic) bond motifs is 5. The minimum atomic E-state index is 0.0543. The Kier molecular flexibility index (Phi) is 3.12. The molecule has 0 N–H and O–H groups in total. The molecular formula is C20H32O. The Labute approximate surface area is 130 Å². The first-order valence-electron chi connectivity index (χ1n) is 9.50. The summed E-state index contributed by atoms with van der Waals surface area (Å²) >= 11 is 0. The van der Waals surface area contributed by atoms with E-state index in [2.05, 4.69) is 20.8 Å². The zero-order valence-electron chi connectivity index (χ0n) is 14.2.